The number of rotatable bonds is 9. The molecule has 2 saturated carbocycles. The van der Waals surface area contributed by atoms with E-state index in [0.717, 1.165) is 0 Å². The fraction of sp³-hybridized carbons (Fsp3) is 0.500. The molecule has 0 aliphatic heterocycles. The van der Waals surface area contributed by atoms with Crippen molar-refractivity contribution >= 4 is 23.7 Å². The van der Waals surface area contributed by atoms with E-state index in [9.17, 15) is 29.7 Å². The van der Waals surface area contributed by atoms with Crippen LogP contribution in [0, 0.1) is 40.4 Å². The van der Waals surface area contributed by atoms with Crippen LogP contribution in [0.2, 0.25) is 0 Å². The Morgan fingerprint density at radius 2 is 1.54 bits per heavy atom. The maximum Gasteiger partial charge on any atom is 0.338 e. The molecule has 0 aromatic heterocycles. The standard InChI is InChI=1S/C40H46O10/c1-22(2)25(5)34(44)50-39-19-24(4)38-18-23(3)33(49-36(46)27-15-11-8-12-16-27)40(38,47)31(42)28(20-41)17-29(32(38)43)30(39)37(39,6)21-48-35(45)26-13-9-7-10-14-26/h7-18,22,24-25,29-31,33,41-42,47H,19-21H2,1-6H3/t24-,25?,29+,30-,31-,33+,37?,38+,39+,40+/m1/s1. The molecule has 2 bridgehead atoms. The number of aliphatic hydroxyl groups excluding tert-OH is 2. The number of ether oxygens (including phenoxy) is 3. The van der Waals surface area contributed by atoms with Crippen LogP contribution in [0.15, 0.2) is 84.0 Å². The summed E-state index contributed by atoms with van der Waals surface area (Å²) in [6.45, 7) is 9.90. The molecule has 50 heavy (non-hydrogen) atoms. The first kappa shape index (κ1) is 35.7. The van der Waals surface area contributed by atoms with Crippen molar-refractivity contribution in [2.45, 2.75) is 71.4 Å². The van der Waals surface area contributed by atoms with Gasteiger partial charge in [0.2, 0.25) is 0 Å². The van der Waals surface area contributed by atoms with E-state index >= 15 is 4.79 Å². The third-order valence-electron chi connectivity index (χ3n) is 12.2. The van der Waals surface area contributed by atoms with Crippen LogP contribution in [0.1, 0.15) is 68.7 Å². The van der Waals surface area contributed by atoms with Crippen molar-refractivity contribution < 1.29 is 48.7 Å². The second-order valence-corrected chi connectivity index (χ2v) is 15.2. The van der Waals surface area contributed by atoms with Crippen molar-refractivity contribution in [1.82, 2.24) is 0 Å². The fourth-order valence-electron chi connectivity index (χ4n) is 9.08. The van der Waals surface area contributed by atoms with Crippen LogP contribution in [-0.2, 0) is 23.8 Å². The molecule has 2 aromatic rings. The number of hydrogen-bond donors (Lipinski definition) is 3. The molecular weight excluding hydrogens is 640 g/mol. The second-order valence-electron chi connectivity index (χ2n) is 15.2. The van der Waals surface area contributed by atoms with Gasteiger partial charge in [0.1, 0.15) is 18.3 Å². The summed E-state index contributed by atoms with van der Waals surface area (Å²) in [5.41, 5.74) is -5.71. The molecule has 4 aliphatic rings. The van der Waals surface area contributed by atoms with E-state index in [1.165, 1.54) is 6.08 Å². The highest BCUT2D eigenvalue weighted by molar-refractivity contribution is 5.96. The minimum atomic E-state index is -2.41. The lowest BCUT2D eigenvalue weighted by atomic mass is 9.58. The Labute approximate surface area is 292 Å². The third-order valence-corrected chi connectivity index (χ3v) is 12.2. The van der Waals surface area contributed by atoms with Crippen LogP contribution in [-0.4, -0.2) is 75.6 Å². The zero-order chi connectivity index (χ0) is 36.4. The van der Waals surface area contributed by atoms with Gasteiger partial charge in [-0.2, -0.15) is 0 Å². The molecule has 10 heteroatoms. The first-order valence-corrected chi connectivity index (χ1v) is 17.3. The Balaban J connectivity index is 1.46. The molecule has 2 aromatic carbocycles. The number of ketones is 1. The van der Waals surface area contributed by atoms with Gasteiger partial charge in [-0.05, 0) is 60.6 Å². The molecule has 10 nitrogen and oxygen atoms in total. The summed E-state index contributed by atoms with van der Waals surface area (Å²) in [6, 6.07) is 16.7. The highest BCUT2D eigenvalue weighted by Gasteiger charge is 2.85. The van der Waals surface area contributed by atoms with Crippen molar-refractivity contribution in [3.63, 3.8) is 0 Å². The normalized spacial score (nSPS) is 36.1. The molecule has 0 heterocycles. The van der Waals surface area contributed by atoms with E-state index in [2.05, 4.69) is 0 Å². The molecule has 0 saturated heterocycles. The van der Waals surface area contributed by atoms with Gasteiger partial charge in [-0.15, -0.1) is 0 Å². The van der Waals surface area contributed by atoms with Crippen molar-refractivity contribution in [2.75, 3.05) is 13.2 Å². The maximum atomic E-state index is 15.2. The summed E-state index contributed by atoms with van der Waals surface area (Å²) in [5.74, 6) is -5.43. The number of carbonyl (C=O) groups is 4. The molecule has 0 amide bonds. The Morgan fingerprint density at radius 3 is 2.10 bits per heavy atom. The summed E-state index contributed by atoms with van der Waals surface area (Å²) in [4.78, 5) is 55.6. The first-order chi connectivity index (χ1) is 23.6. The van der Waals surface area contributed by atoms with Gasteiger partial charge in [-0.1, -0.05) is 83.2 Å². The quantitative estimate of drug-likeness (QED) is 0.195. The Morgan fingerprint density at radius 1 is 0.960 bits per heavy atom. The zero-order valence-corrected chi connectivity index (χ0v) is 29.3. The van der Waals surface area contributed by atoms with E-state index in [-0.39, 0.29) is 30.1 Å². The monoisotopic (exact) mass is 686 g/mol. The van der Waals surface area contributed by atoms with Crippen molar-refractivity contribution in [2.24, 2.45) is 40.4 Å². The van der Waals surface area contributed by atoms with E-state index in [1.54, 1.807) is 87.5 Å². The van der Waals surface area contributed by atoms with Crippen molar-refractivity contribution in [1.29, 1.82) is 0 Å². The molecule has 1 spiro atoms. The number of carbonyl (C=O) groups excluding carboxylic acids is 4. The number of fused-ring (bicyclic) bond motifs is 3. The average Bonchev–Trinajstić information content (AvgIpc) is 3.55. The largest absolute Gasteiger partial charge is 0.461 e. The number of Topliss-reactive ketones (excluding diaryl/α,β-unsaturated/α-hetero) is 1. The predicted molar refractivity (Wildman–Crippen MR) is 181 cm³/mol. The minimum Gasteiger partial charge on any atom is -0.461 e. The molecular formula is C40H46O10. The van der Waals surface area contributed by atoms with Crippen LogP contribution >= 0.6 is 0 Å². The minimum absolute atomic E-state index is 0.0306. The first-order valence-electron chi connectivity index (χ1n) is 17.3. The molecule has 10 atom stereocenters. The smallest absolute Gasteiger partial charge is 0.338 e. The maximum absolute atomic E-state index is 15.2. The topological polar surface area (TPSA) is 157 Å². The number of aliphatic hydroxyl groups is 3. The fourth-order valence-corrected chi connectivity index (χ4v) is 9.08. The summed E-state index contributed by atoms with van der Waals surface area (Å²) in [5, 5.41) is 35.5. The SMILES string of the molecule is CC1=C[C@]23C(=O)[C@@H](C=C(CO)[C@@H](O)[C@]2(O)[C@H]1OC(=O)c1ccccc1)[C@@H]1C(C)(COC(=O)c2ccccc2)[C@]1(OC(=O)C(C)C(C)C)C[C@H]3C. The van der Waals surface area contributed by atoms with Gasteiger partial charge in [0, 0.05) is 17.3 Å². The molecule has 3 N–H and O–H groups in total. The number of allylic oxidation sites excluding steroid dienone is 1. The highest BCUT2D eigenvalue weighted by atomic mass is 16.6. The highest BCUT2D eigenvalue weighted by Crippen LogP contribution is 2.75. The molecule has 6 rings (SSSR count). The predicted octanol–water partition coefficient (Wildman–Crippen LogP) is 4.47. The van der Waals surface area contributed by atoms with Gasteiger partial charge >= 0.3 is 17.9 Å². The third kappa shape index (κ3) is 5.01. The lowest BCUT2D eigenvalue weighted by Gasteiger charge is -2.49. The van der Waals surface area contributed by atoms with Crippen LogP contribution in [0.5, 0.6) is 0 Å². The zero-order valence-electron chi connectivity index (χ0n) is 29.3. The summed E-state index contributed by atoms with van der Waals surface area (Å²) in [7, 11) is 0. The summed E-state index contributed by atoms with van der Waals surface area (Å²) in [6.07, 6.45) is -0.125. The lowest BCUT2D eigenvalue weighted by Crippen LogP contribution is -2.66. The van der Waals surface area contributed by atoms with Crippen LogP contribution in [0.4, 0.5) is 0 Å². The van der Waals surface area contributed by atoms with Crippen LogP contribution in [0.25, 0.3) is 0 Å². The molecule has 2 fully saturated rings. The van der Waals surface area contributed by atoms with Gasteiger partial charge in [0.05, 0.1) is 29.1 Å². The van der Waals surface area contributed by atoms with E-state index in [1.807, 2.05) is 20.8 Å². The Kier molecular flexibility index (Phi) is 8.98. The average molecular weight is 687 g/mol. The van der Waals surface area contributed by atoms with Gasteiger partial charge in [-0.25, -0.2) is 9.59 Å². The lowest BCUT2D eigenvalue weighted by molar-refractivity contribution is -0.193. The van der Waals surface area contributed by atoms with E-state index in [4.69, 9.17) is 14.2 Å². The number of benzene rings is 2. The van der Waals surface area contributed by atoms with Gasteiger partial charge in [0.25, 0.3) is 0 Å². The van der Waals surface area contributed by atoms with E-state index < -0.39 is 88.2 Å². The van der Waals surface area contributed by atoms with Crippen LogP contribution in [0.3, 0.4) is 0 Å². The second kappa shape index (κ2) is 12.6. The van der Waals surface area contributed by atoms with Gasteiger partial charge < -0.3 is 29.5 Å². The molecule has 2 unspecified atom stereocenters. The molecule has 4 aliphatic carbocycles. The van der Waals surface area contributed by atoms with Gasteiger partial charge in [-0.3, -0.25) is 9.59 Å². The van der Waals surface area contributed by atoms with Crippen molar-refractivity contribution in [3.8, 4) is 0 Å². The summed E-state index contributed by atoms with van der Waals surface area (Å²) < 4.78 is 18.3. The molecule has 0 radical (unpaired) electrons. The summed E-state index contributed by atoms with van der Waals surface area (Å²) >= 11 is 0. The van der Waals surface area contributed by atoms with Gasteiger partial charge in [0.15, 0.2) is 17.5 Å². The van der Waals surface area contributed by atoms with E-state index in [0.29, 0.717) is 11.1 Å². The number of esters is 3. The van der Waals surface area contributed by atoms with Crippen molar-refractivity contribution in [3.05, 3.63) is 95.1 Å². The Hall–Kier alpha value is -4.12. The number of hydrogen-bond acceptors (Lipinski definition) is 10. The van der Waals surface area contributed by atoms with Crippen LogP contribution < -0.4 is 0 Å². The Bertz CT molecular complexity index is 1750. The molecule has 266 valence electrons.